The summed E-state index contributed by atoms with van der Waals surface area (Å²) in [6.07, 6.45) is 0. The van der Waals surface area contributed by atoms with Gasteiger partial charge < -0.3 is 5.32 Å². The van der Waals surface area contributed by atoms with Crippen molar-refractivity contribution in [1.29, 1.82) is 0 Å². The Morgan fingerprint density at radius 1 is 1.22 bits per heavy atom. The zero-order valence-electron chi connectivity index (χ0n) is 14.3. The molecule has 0 spiro atoms. The van der Waals surface area contributed by atoms with Gasteiger partial charge in [-0.2, -0.15) is 9.78 Å². The predicted octanol–water partition coefficient (Wildman–Crippen LogP) is 5.17. The number of hydrogen-bond donors (Lipinski definition) is 1. The number of carbonyl (C=O) groups excluding carboxylic acids is 1. The van der Waals surface area contributed by atoms with Crippen LogP contribution in [0.4, 0.5) is 5.82 Å². The number of nitrogens with zero attached hydrogens (tertiary/aromatic N) is 3. The molecule has 0 fully saturated rings. The number of amides is 1. The fraction of sp³-hybridized carbons (Fsp3) is 0.105. The smallest absolute Gasteiger partial charge is 0.235 e. The molecule has 0 saturated heterocycles. The third kappa shape index (κ3) is 4.00. The zero-order valence-corrected chi connectivity index (χ0v) is 16.7. The number of aryl methyl sites for hydroxylation is 1. The minimum atomic E-state index is -0.0934. The standard InChI is InChI=1S/C19H15ClN4OS2/c1-12-10-16(21-17(25)11-26-13-6-3-2-4-7-13)24(23-12)19-22-18-14(20)8-5-9-15(18)27-19/h2-10H,11H2,1H3,(H,21,25). The van der Waals surface area contributed by atoms with Crippen molar-refractivity contribution in [1.82, 2.24) is 14.8 Å². The van der Waals surface area contributed by atoms with Gasteiger partial charge >= 0.3 is 0 Å². The lowest BCUT2D eigenvalue weighted by atomic mass is 10.3. The summed E-state index contributed by atoms with van der Waals surface area (Å²) in [4.78, 5) is 18.0. The van der Waals surface area contributed by atoms with E-state index in [-0.39, 0.29) is 5.91 Å². The minimum absolute atomic E-state index is 0.0934. The molecule has 2 heterocycles. The third-order valence-corrected chi connectivity index (χ3v) is 6.06. The molecule has 0 aliphatic heterocycles. The highest BCUT2D eigenvalue weighted by Crippen LogP contribution is 2.31. The van der Waals surface area contributed by atoms with Gasteiger partial charge in [-0.25, -0.2) is 4.98 Å². The summed E-state index contributed by atoms with van der Waals surface area (Å²) in [6.45, 7) is 1.88. The van der Waals surface area contributed by atoms with Crippen LogP contribution in [0, 0.1) is 6.92 Å². The van der Waals surface area contributed by atoms with Crippen molar-refractivity contribution in [3.05, 3.63) is 65.3 Å². The van der Waals surface area contributed by atoms with E-state index in [1.165, 1.54) is 23.1 Å². The second kappa shape index (κ2) is 7.72. The van der Waals surface area contributed by atoms with Crippen LogP contribution in [0.2, 0.25) is 5.02 Å². The van der Waals surface area contributed by atoms with E-state index in [1.54, 1.807) is 4.68 Å². The maximum Gasteiger partial charge on any atom is 0.235 e. The van der Waals surface area contributed by atoms with Gasteiger partial charge in [-0.1, -0.05) is 47.2 Å². The van der Waals surface area contributed by atoms with Gasteiger partial charge in [-0.15, -0.1) is 11.8 Å². The Morgan fingerprint density at radius 3 is 2.81 bits per heavy atom. The fourth-order valence-corrected chi connectivity index (χ4v) is 4.52. The highest BCUT2D eigenvalue weighted by atomic mass is 35.5. The molecule has 2 aromatic heterocycles. The van der Waals surface area contributed by atoms with Gasteiger partial charge in [-0.05, 0) is 31.2 Å². The Bertz CT molecular complexity index is 1110. The summed E-state index contributed by atoms with van der Waals surface area (Å²) in [7, 11) is 0. The first-order valence-corrected chi connectivity index (χ1v) is 10.4. The van der Waals surface area contributed by atoms with E-state index in [0.717, 1.165) is 20.8 Å². The number of nitrogens with one attached hydrogen (secondary N) is 1. The maximum atomic E-state index is 12.4. The number of aromatic nitrogens is 3. The van der Waals surface area contributed by atoms with Crippen molar-refractivity contribution in [2.45, 2.75) is 11.8 Å². The molecule has 1 N–H and O–H groups in total. The summed E-state index contributed by atoms with van der Waals surface area (Å²) >= 11 is 9.20. The van der Waals surface area contributed by atoms with Gasteiger partial charge in [0, 0.05) is 11.0 Å². The van der Waals surface area contributed by atoms with Crippen LogP contribution in [-0.2, 0) is 4.79 Å². The lowest BCUT2D eigenvalue weighted by Crippen LogP contribution is -2.16. The average molecular weight is 415 g/mol. The Balaban J connectivity index is 1.55. The molecule has 4 aromatic rings. The molecule has 8 heteroatoms. The van der Waals surface area contributed by atoms with Crippen LogP contribution in [0.25, 0.3) is 15.3 Å². The first kappa shape index (κ1) is 18.0. The number of rotatable bonds is 5. The van der Waals surface area contributed by atoms with Crippen LogP contribution in [0.5, 0.6) is 0 Å². The minimum Gasteiger partial charge on any atom is -0.310 e. The van der Waals surface area contributed by atoms with E-state index in [4.69, 9.17) is 11.6 Å². The highest BCUT2D eigenvalue weighted by Gasteiger charge is 2.15. The number of anilines is 1. The number of hydrogen-bond acceptors (Lipinski definition) is 5. The molecular formula is C19H15ClN4OS2. The molecule has 0 atom stereocenters. The molecule has 0 bridgehead atoms. The highest BCUT2D eigenvalue weighted by molar-refractivity contribution is 8.00. The van der Waals surface area contributed by atoms with E-state index in [9.17, 15) is 4.79 Å². The Hall–Kier alpha value is -2.35. The summed E-state index contributed by atoms with van der Waals surface area (Å²) < 4.78 is 2.63. The second-order valence-corrected chi connectivity index (χ2v) is 8.28. The molecule has 2 aromatic carbocycles. The number of thiazole rings is 1. The van der Waals surface area contributed by atoms with Gasteiger partial charge in [0.1, 0.15) is 11.3 Å². The van der Waals surface area contributed by atoms with E-state index in [2.05, 4.69) is 15.4 Å². The summed E-state index contributed by atoms with van der Waals surface area (Å²) in [5, 5.41) is 8.68. The van der Waals surface area contributed by atoms with Crippen LogP contribution < -0.4 is 5.32 Å². The molecular weight excluding hydrogens is 400 g/mol. The topological polar surface area (TPSA) is 59.8 Å². The molecule has 27 heavy (non-hydrogen) atoms. The molecule has 5 nitrogen and oxygen atoms in total. The SMILES string of the molecule is Cc1cc(NC(=O)CSc2ccccc2)n(-c2nc3c(Cl)cccc3s2)n1. The number of fused-ring (bicyclic) bond motifs is 1. The number of thioether (sulfide) groups is 1. The molecule has 0 radical (unpaired) electrons. The Labute approximate surface area is 169 Å². The van der Waals surface area contributed by atoms with Crippen molar-refractivity contribution in [3.63, 3.8) is 0 Å². The first-order valence-electron chi connectivity index (χ1n) is 8.20. The van der Waals surface area contributed by atoms with Gasteiger partial charge in [0.15, 0.2) is 0 Å². The summed E-state index contributed by atoms with van der Waals surface area (Å²) in [6, 6.07) is 17.3. The molecule has 4 rings (SSSR count). The quantitative estimate of drug-likeness (QED) is 0.457. The average Bonchev–Trinajstić information content (AvgIpc) is 3.25. The maximum absolute atomic E-state index is 12.4. The lowest BCUT2D eigenvalue weighted by Gasteiger charge is -2.06. The molecule has 0 aliphatic carbocycles. The third-order valence-electron chi connectivity index (χ3n) is 3.75. The first-order chi connectivity index (χ1) is 13.1. The van der Waals surface area contributed by atoms with Crippen molar-refractivity contribution >= 4 is 56.6 Å². The van der Waals surface area contributed by atoms with Crippen molar-refractivity contribution in [2.24, 2.45) is 0 Å². The second-order valence-electron chi connectivity index (χ2n) is 5.82. The fourth-order valence-electron chi connectivity index (χ4n) is 2.57. The van der Waals surface area contributed by atoms with Crippen LogP contribution in [0.15, 0.2) is 59.5 Å². The summed E-state index contributed by atoms with van der Waals surface area (Å²) in [5.74, 6) is 0.824. The number of para-hydroxylation sites is 1. The van der Waals surface area contributed by atoms with Crippen molar-refractivity contribution < 1.29 is 4.79 Å². The van der Waals surface area contributed by atoms with Gasteiger partial charge in [0.25, 0.3) is 0 Å². The number of carbonyl (C=O) groups is 1. The Morgan fingerprint density at radius 2 is 2.04 bits per heavy atom. The monoisotopic (exact) mass is 414 g/mol. The van der Waals surface area contributed by atoms with Gasteiger partial charge in [0.05, 0.1) is 21.2 Å². The normalized spacial score (nSPS) is 11.0. The van der Waals surface area contributed by atoms with Gasteiger partial charge in [0.2, 0.25) is 11.0 Å². The van der Waals surface area contributed by atoms with Crippen LogP contribution in [0.3, 0.4) is 0 Å². The van der Waals surface area contributed by atoms with Crippen LogP contribution in [0.1, 0.15) is 5.69 Å². The summed E-state index contributed by atoms with van der Waals surface area (Å²) in [5.41, 5.74) is 1.54. The van der Waals surface area contributed by atoms with E-state index in [1.807, 2.05) is 61.5 Å². The molecule has 1 amide bonds. The predicted molar refractivity (Wildman–Crippen MR) is 112 cm³/mol. The largest absolute Gasteiger partial charge is 0.310 e. The molecule has 136 valence electrons. The van der Waals surface area contributed by atoms with E-state index in [0.29, 0.717) is 21.7 Å². The molecule has 0 unspecified atom stereocenters. The van der Waals surface area contributed by atoms with Crippen molar-refractivity contribution in [2.75, 3.05) is 11.1 Å². The zero-order chi connectivity index (χ0) is 18.8. The lowest BCUT2D eigenvalue weighted by molar-refractivity contribution is -0.113. The van der Waals surface area contributed by atoms with Crippen LogP contribution >= 0.6 is 34.7 Å². The van der Waals surface area contributed by atoms with Crippen molar-refractivity contribution in [3.8, 4) is 5.13 Å². The van der Waals surface area contributed by atoms with E-state index < -0.39 is 0 Å². The molecule has 0 saturated carbocycles. The van der Waals surface area contributed by atoms with Crippen LogP contribution in [-0.4, -0.2) is 26.4 Å². The van der Waals surface area contributed by atoms with Gasteiger partial charge in [-0.3, -0.25) is 4.79 Å². The number of benzene rings is 2. The van der Waals surface area contributed by atoms with E-state index >= 15 is 0 Å². The molecule has 0 aliphatic rings. The number of halogens is 1. The Kier molecular flexibility index (Phi) is 5.15.